The van der Waals surface area contributed by atoms with Crippen molar-refractivity contribution in [2.75, 3.05) is 31.8 Å². The molecule has 0 amide bonds. The van der Waals surface area contributed by atoms with Gasteiger partial charge in [-0.05, 0) is 31.4 Å². The zero-order valence-electron chi connectivity index (χ0n) is 10.5. The number of thioether (sulfide) groups is 1. The molecular formula is C13H25NOS. The lowest BCUT2D eigenvalue weighted by atomic mass is 9.87. The first-order chi connectivity index (χ1) is 7.85. The number of rotatable bonds is 5. The second-order valence-electron chi connectivity index (χ2n) is 5.44. The highest BCUT2D eigenvalue weighted by Crippen LogP contribution is 2.38. The molecule has 2 aliphatic rings. The fourth-order valence-corrected chi connectivity index (χ4v) is 4.17. The van der Waals surface area contributed by atoms with Crippen molar-refractivity contribution in [2.45, 2.75) is 44.6 Å². The predicted molar refractivity (Wildman–Crippen MR) is 71.1 cm³/mol. The molecule has 1 atom stereocenters. The van der Waals surface area contributed by atoms with Crippen molar-refractivity contribution in [3.05, 3.63) is 0 Å². The second kappa shape index (κ2) is 6.27. The summed E-state index contributed by atoms with van der Waals surface area (Å²) >= 11 is 2.10. The van der Waals surface area contributed by atoms with Gasteiger partial charge in [0.25, 0.3) is 0 Å². The van der Waals surface area contributed by atoms with Gasteiger partial charge < -0.3 is 10.1 Å². The van der Waals surface area contributed by atoms with Gasteiger partial charge in [-0.15, -0.1) is 0 Å². The van der Waals surface area contributed by atoms with Gasteiger partial charge in [0.2, 0.25) is 0 Å². The second-order valence-corrected chi connectivity index (χ2v) is 6.58. The fourth-order valence-electron chi connectivity index (χ4n) is 3.07. The van der Waals surface area contributed by atoms with Crippen molar-refractivity contribution in [1.82, 2.24) is 5.32 Å². The molecule has 1 unspecified atom stereocenters. The summed E-state index contributed by atoms with van der Waals surface area (Å²) in [5.41, 5.74) is 0.455. The molecule has 0 aromatic heterocycles. The molecule has 1 aliphatic carbocycles. The molecule has 1 heterocycles. The van der Waals surface area contributed by atoms with Crippen LogP contribution in [-0.4, -0.2) is 37.8 Å². The van der Waals surface area contributed by atoms with Crippen LogP contribution in [0.1, 0.15) is 38.5 Å². The van der Waals surface area contributed by atoms with Gasteiger partial charge in [0, 0.05) is 30.9 Å². The van der Waals surface area contributed by atoms with Crippen LogP contribution in [-0.2, 0) is 4.74 Å². The van der Waals surface area contributed by atoms with Crippen LogP contribution in [0.5, 0.6) is 0 Å². The molecule has 1 aliphatic heterocycles. The summed E-state index contributed by atoms with van der Waals surface area (Å²) in [6.45, 7) is 2.12. The van der Waals surface area contributed by atoms with E-state index in [9.17, 15) is 0 Å². The Bertz CT molecular complexity index is 198. The van der Waals surface area contributed by atoms with Crippen molar-refractivity contribution in [3.8, 4) is 0 Å². The van der Waals surface area contributed by atoms with Crippen LogP contribution in [0.25, 0.3) is 0 Å². The summed E-state index contributed by atoms with van der Waals surface area (Å²) in [5, 5.41) is 3.79. The monoisotopic (exact) mass is 243 g/mol. The zero-order valence-corrected chi connectivity index (χ0v) is 11.3. The molecule has 1 N–H and O–H groups in total. The average molecular weight is 243 g/mol. The van der Waals surface area contributed by atoms with Gasteiger partial charge in [-0.2, -0.15) is 11.8 Å². The smallest absolute Gasteiger partial charge is 0.0530 e. The van der Waals surface area contributed by atoms with Crippen LogP contribution in [0.2, 0.25) is 0 Å². The van der Waals surface area contributed by atoms with Crippen molar-refractivity contribution < 1.29 is 4.74 Å². The van der Waals surface area contributed by atoms with Gasteiger partial charge in [-0.25, -0.2) is 0 Å². The Hall–Kier alpha value is 0.270. The van der Waals surface area contributed by atoms with E-state index >= 15 is 0 Å². The van der Waals surface area contributed by atoms with Gasteiger partial charge in [0.15, 0.2) is 0 Å². The first-order valence-electron chi connectivity index (χ1n) is 6.65. The van der Waals surface area contributed by atoms with Crippen LogP contribution in [0.3, 0.4) is 0 Å². The molecule has 2 nitrogen and oxygen atoms in total. The van der Waals surface area contributed by atoms with Crippen molar-refractivity contribution >= 4 is 11.8 Å². The first-order valence-corrected chi connectivity index (χ1v) is 7.80. The van der Waals surface area contributed by atoms with Crippen LogP contribution in [0.4, 0.5) is 0 Å². The number of methoxy groups -OCH3 is 1. The fraction of sp³-hybridized carbons (Fsp3) is 1.00. The van der Waals surface area contributed by atoms with E-state index in [0.29, 0.717) is 5.41 Å². The van der Waals surface area contributed by atoms with E-state index in [1.54, 1.807) is 0 Å². The molecule has 0 radical (unpaired) electrons. The Morgan fingerprint density at radius 2 is 2.12 bits per heavy atom. The van der Waals surface area contributed by atoms with Gasteiger partial charge in [0.1, 0.15) is 0 Å². The average Bonchev–Trinajstić information content (AvgIpc) is 2.78. The molecular weight excluding hydrogens is 218 g/mol. The molecule has 2 fully saturated rings. The zero-order chi connectivity index (χ0) is 11.3. The number of hydrogen-bond acceptors (Lipinski definition) is 3. The molecule has 2 rings (SSSR count). The van der Waals surface area contributed by atoms with Crippen molar-refractivity contribution in [3.63, 3.8) is 0 Å². The van der Waals surface area contributed by atoms with Gasteiger partial charge in [0.05, 0.1) is 6.61 Å². The highest BCUT2D eigenvalue weighted by atomic mass is 32.2. The maximum atomic E-state index is 5.42. The van der Waals surface area contributed by atoms with E-state index in [4.69, 9.17) is 4.74 Å². The van der Waals surface area contributed by atoms with Crippen molar-refractivity contribution in [2.24, 2.45) is 5.41 Å². The van der Waals surface area contributed by atoms with Crippen LogP contribution < -0.4 is 5.32 Å². The molecule has 16 heavy (non-hydrogen) atoms. The summed E-state index contributed by atoms with van der Waals surface area (Å²) in [7, 11) is 1.84. The number of hydrogen-bond donors (Lipinski definition) is 1. The molecule has 1 saturated carbocycles. The Balaban J connectivity index is 1.76. The van der Waals surface area contributed by atoms with E-state index in [2.05, 4.69) is 17.1 Å². The molecule has 0 spiro atoms. The van der Waals surface area contributed by atoms with E-state index < -0.39 is 0 Å². The summed E-state index contributed by atoms with van der Waals surface area (Å²) in [4.78, 5) is 0. The topological polar surface area (TPSA) is 21.3 Å². The minimum atomic E-state index is 0.455. The maximum Gasteiger partial charge on any atom is 0.0530 e. The van der Waals surface area contributed by atoms with Gasteiger partial charge in [-0.3, -0.25) is 0 Å². The third-order valence-corrected chi connectivity index (χ3v) is 5.26. The Morgan fingerprint density at radius 1 is 1.31 bits per heavy atom. The largest absolute Gasteiger partial charge is 0.384 e. The lowest BCUT2D eigenvalue weighted by Gasteiger charge is -2.32. The third-order valence-electron chi connectivity index (χ3n) is 4.04. The molecule has 3 heteroatoms. The molecule has 0 aromatic carbocycles. The standard InChI is InChI=1S/C13H25NOS/c1-15-11-13(6-2-3-7-13)10-14-12-5-4-8-16-9-12/h12,14H,2-11H2,1H3. The van der Waals surface area contributed by atoms with Crippen molar-refractivity contribution in [1.29, 1.82) is 0 Å². The lowest BCUT2D eigenvalue weighted by Crippen LogP contribution is -2.42. The van der Waals surface area contributed by atoms with Crippen LogP contribution in [0.15, 0.2) is 0 Å². The molecule has 94 valence electrons. The minimum Gasteiger partial charge on any atom is -0.384 e. The Kier molecular flexibility index (Phi) is 4.98. The Labute approximate surface area is 104 Å². The van der Waals surface area contributed by atoms with Crippen LogP contribution >= 0.6 is 11.8 Å². The Morgan fingerprint density at radius 3 is 2.75 bits per heavy atom. The third kappa shape index (κ3) is 3.38. The van der Waals surface area contributed by atoms with Crippen LogP contribution in [0, 0.1) is 5.41 Å². The summed E-state index contributed by atoms with van der Waals surface area (Å²) in [5.74, 6) is 2.67. The quantitative estimate of drug-likeness (QED) is 0.802. The summed E-state index contributed by atoms with van der Waals surface area (Å²) in [6.07, 6.45) is 8.26. The lowest BCUT2D eigenvalue weighted by molar-refractivity contribution is 0.0806. The SMILES string of the molecule is COCC1(CNC2CCCSC2)CCCC1. The maximum absolute atomic E-state index is 5.42. The highest BCUT2D eigenvalue weighted by molar-refractivity contribution is 7.99. The van der Waals surface area contributed by atoms with Gasteiger partial charge in [-0.1, -0.05) is 12.8 Å². The van der Waals surface area contributed by atoms with E-state index in [1.165, 1.54) is 56.6 Å². The van der Waals surface area contributed by atoms with E-state index in [0.717, 1.165) is 12.6 Å². The summed E-state index contributed by atoms with van der Waals surface area (Å²) < 4.78 is 5.42. The summed E-state index contributed by atoms with van der Waals surface area (Å²) in [6, 6.07) is 0.757. The number of ether oxygens (including phenoxy) is 1. The van der Waals surface area contributed by atoms with E-state index in [-0.39, 0.29) is 0 Å². The van der Waals surface area contributed by atoms with E-state index in [1.807, 2.05) is 7.11 Å². The molecule has 0 bridgehead atoms. The van der Waals surface area contributed by atoms with Gasteiger partial charge >= 0.3 is 0 Å². The highest BCUT2D eigenvalue weighted by Gasteiger charge is 2.34. The number of nitrogens with one attached hydrogen (secondary N) is 1. The molecule has 1 saturated heterocycles. The predicted octanol–water partition coefficient (Wildman–Crippen LogP) is 2.68. The normalized spacial score (nSPS) is 29.4. The minimum absolute atomic E-state index is 0.455. The molecule has 0 aromatic rings. The first kappa shape index (κ1) is 12.7.